The van der Waals surface area contributed by atoms with Crippen molar-refractivity contribution in [3.05, 3.63) is 52.3 Å². The minimum Gasteiger partial charge on any atom is -0.481 e. The first-order valence-corrected chi connectivity index (χ1v) is 5.06. The standard InChI is InChI=1S/C11H9N3O4/c15-11(16)5-8-6-12-13(7-8)9-1-3-10(4-2-9)14(17)18/h1-4,6-7H,5H2,(H,15,16). The van der Waals surface area contributed by atoms with E-state index in [0.717, 1.165) is 0 Å². The number of nitrogens with zero attached hydrogens (tertiary/aromatic N) is 3. The Morgan fingerprint density at radius 2 is 2.06 bits per heavy atom. The molecule has 7 nitrogen and oxygen atoms in total. The van der Waals surface area contributed by atoms with Crippen LogP contribution < -0.4 is 0 Å². The van der Waals surface area contributed by atoms with Crippen LogP contribution in [-0.4, -0.2) is 25.8 Å². The predicted molar refractivity (Wildman–Crippen MR) is 61.6 cm³/mol. The summed E-state index contributed by atoms with van der Waals surface area (Å²) in [6, 6.07) is 5.84. The molecule has 18 heavy (non-hydrogen) atoms. The molecule has 0 bridgehead atoms. The van der Waals surface area contributed by atoms with Gasteiger partial charge in [0.2, 0.25) is 0 Å². The summed E-state index contributed by atoms with van der Waals surface area (Å²) in [6.07, 6.45) is 2.93. The summed E-state index contributed by atoms with van der Waals surface area (Å²) in [5, 5.41) is 23.1. The van der Waals surface area contributed by atoms with E-state index >= 15 is 0 Å². The number of rotatable bonds is 4. The molecule has 0 aliphatic carbocycles. The lowest BCUT2D eigenvalue weighted by molar-refractivity contribution is -0.384. The highest BCUT2D eigenvalue weighted by atomic mass is 16.6. The second-order valence-electron chi connectivity index (χ2n) is 3.64. The highest BCUT2D eigenvalue weighted by molar-refractivity contribution is 5.69. The smallest absolute Gasteiger partial charge is 0.307 e. The van der Waals surface area contributed by atoms with Crippen molar-refractivity contribution in [1.29, 1.82) is 0 Å². The van der Waals surface area contributed by atoms with E-state index in [1.54, 1.807) is 18.3 Å². The predicted octanol–water partition coefficient (Wildman–Crippen LogP) is 1.41. The molecule has 0 saturated carbocycles. The van der Waals surface area contributed by atoms with Crippen LogP contribution in [-0.2, 0) is 11.2 Å². The molecule has 1 heterocycles. The average Bonchev–Trinajstić information content (AvgIpc) is 2.76. The van der Waals surface area contributed by atoms with Crippen molar-refractivity contribution in [3.8, 4) is 5.69 Å². The fourth-order valence-corrected chi connectivity index (χ4v) is 1.49. The fourth-order valence-electron chi connectivity index (χ4n) is 1.49. The second kappa shape index (κ2) is 4.66. The zero-order chi connectivity index (χ0) is 13.1. The lowest BCUT2D eigenvalue weighted by atomic mass is 10.2. The highest BCUT2D eigenvalue weighted by Gasteiger charge is 2.07. The Hall–Kier alpha value is -2.70. The van der Waals surface area contributed by atoms with Gasteiger partial charge in [-0.05, 0) is 12.1 Å². The maximum Gasteiger partial charge on any atom is 0.307 e. The number of carboxylic acid groups (broad SMARTS) is 1. The van der Waals surface area contributed by atoms with Crippen LogP contribution in [0.2, 0.25) is 0 Å². The number of aromatic nitrogens is 2. The molecular formula is C11H9N3O4. The monoisotopic (exact) mass is 247 g/mol. The Bertz CT molecular complexity index is 589. The van der Waals surface area contributed by atoms with Gasteiger partial charge in [0, 0.05) is 23.9 Å². The molecule has 0 amide bonds. The maximum atomic E-state index is 10.5. The van der Waals surface area contributed by atoms with Gasteiger partial charge >= 0.3 is 5.97 Å². The van der Waals surface area contributed by atoms with E-state index in [1.807, 2.05) is 0 Å². The Kier molecular flexibility index (Phi) is 3.05. The van der Waals surface area contributed by atoms with Gasteiger partial charge in [0.05, 0.1) is 23.2 Å². The van der Waals surface area contributed by atoms with E-state index in [-0.39, 0.29) is 12.1 Å². The van der Waals surface area contributed by atoms with Gasteiger partial charge in [-0.3, -0.25) is 14.9 Å². The quantitative estimate of drug-likeness (QED) is 0.650. The number of non-ortho nitro benzene ring substituents is 1. The molecule has 1 N–H and O–H groups in total. The molecule has 7 heteroatoms. The van der Waals surface area contributed by atoms with Gasteiger partial charge in [-0.2, -0.15) is 5.10 Å². The van der Waals surface area contributed by atoms with Crippen molar-refractivity contribution >= 4 is 11.7 Å². The van der Waals surface area contributed by atoms with Crippen molar-refractivity contribution in [3.63, 3.8) is 0 Å². The van der Waals surface area contributed by atoms with Crippen LogP contribution in [0.4, 0.5) is 5.69 Å². The van der Waals surface area contributed by atoms with E-state index in [2.05, 4.69) is 5.10 Å². The molecule has 0 saturated heterocycles. The van der Waals surface area contributed by atoms with Crippen molar-refractivity contribution in [2.45, 2.75) is 6.42 Å². The lowest BCUT2D eigenvalue weighted by Crippen LogP contribution is -1.99. The van der Waals surface area contributed by atoms with Crippen LogP contribution in [0.5, 0.6) is 0 Å². The van der Waals surface area contributed by atoms with Crippen molar-refractivity contribution < 1.29 is 14.8 Å². The summed E-state index contributed by atoms with van der Waals surface area (Å²) in [6.45, 7) is 0. The molecule has 2 aromatic rings. The average molecular weight is 247 g/mol. The van der Waals surface area contributed by atoms with Crippen LogP contribution in [0.25, 0.3) is 5.69 Å². The maximum absolute atomic E-state index is 10.5. The van der Waals surface area contributed by atoms with Gasteiger partial charge in [0.1, 0.15) is 0 Å². The molecule has 1 aromatic heterocycles. The fraction of sp³-hybridized carbons (Fsp3) is 0.0909. The van der Waals surface area contributed by atoms with Crippen molar-refractivity contribution in [2.24, 2.45) is 0 Å². The molecule has 2 rings (SSSR count). The zero-order valence-electron chi connectivity index (χ0n) is 9.18. The van der Waals surface area contributed by atoms with Gasteiger partial charge < -0.3 is 5.11 Å². The molecular weight excluding hydrogens is 238 g/mol. The Morgan fingerprint density at radius 3 is 2.61 bits per heavy atom. The van der Waals surface area contributed by atoms with E-state index in [1.165, 1.54) is 23.0 Å². The first-order chi connectivity index (χ1) is 8.56. The first-order valence-electron chi connectivity index (χ1n) is 5.06. The highest BCUT2D eigenvalue weighted by Crippen LogP contribution is 2.15. The van der Waals surface area contributed by atoms with Crippen LogP contribution in [0.3, 0.4) is 0 Å². The summed E-state index contributed by atoms with van der Waals surface area (Å²) in [5.41, 5.74) is 1.20. The van der Waals surface area contributed by atoms with Crippen LogP contribution in [0.15, 0.2) is 36.7 Å². The number of aliphatic carboxylic acids is 1. The largest absolute Gasteiger partial charge is 0.481 e. The normalized spacial score (nSPS) is 10.2. The number of carboxylic acids is 1. The molecule has 0 unspecified atom stereocenters. The molecule has 0 aliphatic heterocycles. The third-order valence-corrected chi connectivity index (χ3v) is 2.32. The van der Waals surface area contributed by atoms with Crippen molar-refractivity contribution in [2.75, 3.05) is 0 Å². The number of nitro groups is 1. The summed E-state index contributed by atoms with van der Waals surface area (Å²) in [4.78, 5) is 20.5. The summed E-state index contributed by atoms with van der Waals surface area (Å²) in [5.74, 6) is -0.932. The number of carbonyl (C=O) groups is 1. The third kappa shape index (κ3) is 2.51. The summed E-state index contributed by atoms with van der Waals surface area (Å²) in [7, 11) is 0. The minimum atomic E-state index is -0.932. The van der Waals surface area contributed by atoms with Gasteiger partial charge in [-0.25, -0.2) is 4.68 Å². The van der Waals surface area contributed by atoms with Gasteiger partial charge in [-0.1, -0.05) is 0 Å². The van der Waals surface area contributed by atoms with Crippen LogP contribution in [0, 0.1) is 10.1 Å². The Labute approximate surface area is 101 Å². The molecule has 0 spiro atoms. The van der Waals surface area contributed by atoms with E-state index in [0.29, 0.717) is 11.3 Å². The molecule has 0 atom stereocenters. The van der Waals surface area contributed by atoms with Gasteiger partial charge in [-0.15, -0.1) is 0 Å². The molecule has 0 fully saturated rings. The molecule has 1 aromatic carbocycles. The topological polar surface area (TPSA) is 98.3 Å². The van der Waals surface area contributed by atoms with Crippen molar-refractivity contribution in [1.82, 2.24) is 9.78 Å². The third-order valence-electron chi connectivity index (χ3n) is 2.32. The molecule has 0 radical (unpaired) electrons. The zero-order valence-corrected chi connectivity index (χ0v) is 9.18. The summed E-state index contributed by atoms with van der Waals surface area (Å²) < 4.78 is 1.47. The molecule has 0 aliphatic rings. The number of hydrogen-bond acceptors (Lipinski definition) is 4. The van der Waals surface area contributed by atoms with Gasteiger partial charge in [0.25, 0.3) is 5.69 Å². The molecule has 92 valence electrons. The Morgan fingerprint density at radius 1 is 1.39 bits per heavy atom. The first kappa shape index (κ1) is 11.8. The van der Waals surface area contributed by atoms with Crippen LogP contribution >= 0.6 is 0 Å². The SMILES string of the molecule is O=C(O)Cc1cnn(-c2ccc([N+](=O)[O-])cc2)c1. The minimum absolute atomic E-state index is 0.00309. The van der Waals surface area contributed by atoms with E-state index in [9.17, 15) is 14.9 Å². The number of hydrogen-bond donors (Lipinski definition) is 1. The number of nitro benzene ring substituents is 1. The number of benzene rings is 1. The van der Waals surface area contributed by atoms with E-state index < -0.39 is 10.9 Å². The summed E-state index contributed by atoms with van der Waals surface area (Å²) >= 11 is 0. The van der Waals surface area contributed by atoms with Gasteiger partial charge in [0.15, 0.2) is 0 Å². The van der Waals surface area contributed by atoms with Crippen LogP contribution in [0.1, 0.15) is 5.56 Å². The van der Waals surface area contributed by atoms with E-state index in [4.69, 9.17) is 5.11 Å². The Balaban J connectivity index is 2.23. The lowest BCUT2D eigenvalue weighted by Gasteiger charge is -1.99. The second-order valence-corrected chi connectivity index (χ2v) is 3.64.